The van der Waals surface area contributed by atoms with Gasteiger partial charge in [0.05, 0.1) is 16.6 Å². The Morgan fingerprint density at radius 3 is 2.57 bits per heavy atom. The lowest BCUT2D eigenvalue weighted by Crippen LogP contribution is -2.00. The molecular weight excluding hydrogens is 282 g/mol. The normalized spacial score (nSPS) is 9.95. The highest BCUT2D eigenvalue weighted by molar-refractivity contribution is 5.38. The standard InChI is InChI=1S/C14H8F2N2O3/c15-12-3-1-9(7-17)5-10(12)8-21-11-2-4-14(18(19)20)13(16)6-11/h1-6H,8H2. The molecule has 0 saturated carbocycles. The Morgan fingerprint density at radius 2 is 1.95 bits per heavy atom. The summed E-state index contributed by atoms with van der Waals surface area (Å²) in [6, 6.07) is 8.67. The molecule has 0 N–H and O–H groups in total. The molecule has 0 radical (unpaired) electrons. The Morgan fingerprint density at radius 1 is 1.19 bits per heavy atom. The Hall–Kier alpha value is -3.01. The number of nitrogens with zero attached hydrogens (tertiary/aromatic N) is 2. The Labute approximate surface area is 118 Å². The van der Waals surface area contributed by atoms with Crippen molar-refractivity contribution < 1.29 is 18.4 Å². The second-order valence-corrected chi connectivity index (χ2v) is 4.08. The molecule has 5 nitrogen and oxygen atoms in total. The lowest BCUT2D eigenvalue weighted by atomic mass is 10.1. The number of nitro groups is 1. The third-order valence-electron chi connectivity index (χ3n) is 2.68. The third-order valence-corrected chi connectivity index (χ3v) is 2.68. The monoisotopic (exact) mass is 290 g/mol. The van der Waals surface area contributed by atoms with Crippen LogP contribution in [0.15, 0.2) is 36.4 Å². The van der Waals surface area contributed by atoms with Crippen LogP contribution in [0.3, 0.4) is 0 Å². The number of benzene rings is 2. The molecule has 0 aromatic heterocycles. The van der Waals surface area contributed by atoms with Gasteiger partial charge < -0.3 is 4.74 Å². The zero-order valence-electron chi connectivity index (χ0n) is 10.5. The first-order valence-corrected chi connectivity index (χ1v) is 5.76. The number of hydrogen-bond acceptors (Lipinski definition) is 4. The average molecular weight is 290 g/mol. The van der Waals surface area contributed by atoms with Crippen LogP contribution < -0.4 is 4.74 Å². The lowest BCUT2D eigenvalue weighted by molar-refractivity contribution is -0.387. The van der Waals surface area contributed by atoms with E-state index in [0.29, 0.717) is 0 Å². The molecule has 0 saturated heterocycles. The van der Waals surface area contributed by atoms with Gasteiger partial charge in [-0.3, -0.25) is 10.1 Å². The summed E-state index contributed by atoms with van der Waals surface area (Å²) in [5.41, 5.74) is -0.266. The van der Waals surface area contributed by atoms with E-state index in [1.165, 1.54) is 18.2 Å². The van der Waals surface area contributed by atoms with Gasteiger partial charge in [-0.1, -0.05) is 0 Å². The van der Waals surface area contributed by atoms with Gasteiger partial charge in [-0.25, -0.2) is 4.39 Å². The van der Waals surface area contributed by atoms with Crippen molar-refractivity contribution in [2.24, 2.45) is 0 Å². The summed E-state index contributed by atoms with van der Waals surface area (Å²) in [7, 11) is 0. The molecule has 0 heterocycles. The topological polar surface area (TPSA) is 76.2 Å². The maximum Gasteiger partial charge on any atom is 0.305 e. The molecule has 0 atom stereocenters. The summed E-state index contributed by atoms with van der Waals surface area (Å²) in [5, 5.41) is 19.2. The van der Waals surface area contributed by atoms with E-state index in [-0.39, 0.29) is 23.5 Å². The van der Waals surface area contributed by atoms with E-state index in [0.717, 1.165) is 18.2 Å². The van der Waals surface area contributed by atoms with Crippen molar-refractivity contribution in [2.75, 3.05) is 0 Å². The fourth-order valence-electron chi connectivity index (χ4n) is 1.64. The van der Waals surface area contributed by atoms with E-state index in [1.54, 1.807) is 0 Å². The number of halogens is 2. The van der Waals surface area contributed by atoms with Crippen molar-refractivity contribution in [3.05, 3.63) is 69.3 Å². The van der Waals surface area contributed by atoms with Gasteiger partial charge in [-0.05, 0) is 24.3 Å². The first-order chi connectivity index (χ1) is 10.0. The number of nitriles is 1. The van der Waals surface area contributed by atoms with Crippen molar-refractivity contribution in [1.29, 1.82) is 5.26 Å². The highest BCUT2D eigenvalue weighted by atomic mass is 19.1. The second-order valence-electron chi connectivity index (χ2n) is 4.08. The number of nitro benzene ring substituents is 1. The smallest absolute Gasteiger partial charge is 0.305 e. The molecular formula is C14H8F2N2O3. The molecule has 0 fully saturated rings. The van der Waals surface area contributed by atoms with E-state index < -0.39 is 22.2 Å². The van der Waals surface area contributed by atoms with Crippen molar-refractivity contribution >= 4 is 5.69 Å². The van der Waals surface area contributed by atoms with Gasteiger partial charge in [0.2, 0.25) is 5.82 Å². The minimum Gasteiger partial charge on any atom is -0.489 e. The number of rotatable bonds is 4. The molecule has 0 bridgehead atoms. The quantitative estimate of drug-likeness (QED) is 0.639. The zero-order valence-corrected chi connectivity index (χ0v) is 10.5. The lowest BCUT2D eigenvalue weighted by Gasteiger charge is -2.07. The number of hydrogen-bond donors (Lipinski definition) is 0. The molecule has 2 aromatic carbocycles. The molecule has 21 heavy (non-hydrogen) atoms. The summed E-state index contributed by atoms with van der Waals surface area (Å²) in [5.74, 6) is -1.57. The van der Waals surface area contributed by atoms with Crippen LogP contribution in [0.1, 0.15) is 11.1 Å². The van der Waals surface area contributed by atoms with E-state index in [9.17, 15) is 18.9 Å². The molecule has 0 aliphatic rings. The molecule has 0 amide bonds. The fraction of sp³-hybridized carbons (Fsp3) is 0.0714. The molecule has 0 aliphatic heterocycles. The van der Waals surface area contributed by atoms with Gasteiger partial charge >= 0.3 is 5.69 Å². The highest BCUT2D eigenvalue weighted by Crippen LogP contribution is 2.23. The summed E-state index contributed by atoms with van der Waals surface area (Å²) in [6.45, 7) is -0.224. The third kappa shape index (κ3) is 3.30. The highest BCUT2D eigenvalue weighted by Gasteiger charge is 2.14. The average Bonchev–Trinajstić information content (AvgIpc) is 2.46. The minimum atomic E-state index is -1.04. The van der Waals surface area contributed by atoms with Crippen LogP contribution in [0, 0.1) is 33.1 Å². The Kier molecular flexibility index (Phi) is 4.09. The summed E-state index contributed by atoms with van der Waals surface area (Å²) in [6.07, 6.45) is 0. The van der Waals surface area contributed by atoms with Crippen molar-refractivity contribution in [3.8, 4) is 11.8 Å². The zero-order chi connectivity index (χ0) is 15.4. The van der Waals surface area contributed by atoms with Crippen molar-refractivity contribution in [3.63, 3.8) is 0 Å². The van der Waals surface area contributed by atoms with Crippen molar-refractivity contribution in [1.82, 2.24) is 0 Å². The van der Waals surface area contributed by atoms with Crippen LogP contribution >= 0.6 is 0 Å². The predicted molar refractivity (Wildman–Crippen MR) is 68.5 cm³/mol. The summed E-state index contributed by atoms with van der Waals surface area (Å²) < 4.78 is 32.1. The van der Waals surface area contributed by atoms with Crippen LogP contribution in [0.5, 0.6) is 5.75 Å². The van der Waals surface area contributed by atoms with E-state index in [2.05, 4.69) is 0 Å². The molecule has 0 aliphatic carbocycles. The maximum atomic E-state index is 13.5. The van der Waals surface area contributed by atoms with Crippen LogP contribution in [0.2, 0.25) is 0 Å². The van der Waals surface area contributed by atoms with Crippen LogP contribution in [-0.4, -0.2) is 4.92 Å². The molecule has 0 unspecified atom stereocenters. The Bertz CT molecular complexity index is 741. The van der Waals surface area contributed by atoms with E-state index in [1.807, 2.05) is 6.07 Å². The van der Waals surface area contributed by atoms with Gasteiger partial charge in [-0.15, -0.1) is 0 Å². The number of ether oxygens (including phenoxy) is 1. The predicted octanol–water partition coefficient (Wildman–Crippen LogP) is 3.32. The summed E-state index contributed by atoms with van der Waals surface area (Å²) >= 11 is 0. The van der Waals surface area contributed by atoms with Crippen LogP contribution in [0.25, 0.3) is 0 Å². The second kappa shape index (κ2) is 5.96. The molecule has 0 spiro atoms. The first-order valence-electron chi connectivity index (χ1n) is 5.76. The minimum absolute atomic E-state index is 0.0276. The SMILES string of the molecule is N#Cc1ccc(F)c(COc2ccc([N+](=O)[O-])c(F)c2)c1. The Balaban J connectivity index is 2.15. The molecule has 2 rings (SSSR count). The van der Waals surface area contributed by atoms with E-state index >= 15 is 0 Å². The van der Waals surface area contributed by atoms with Gasteiger partial charge in [0.1, 0.15) is 18.2 Å². The van der Waals surface area contributed by atoms with Gasteiger partial charge in [-0.2, -0.15) is 9.65 Å². The van der Waals surface area contributed by atoms with Crippen molar-refractivity contribution in [2.45, 2.75) is 6.61 Å². The van der Waals surface area contributed by atoms with Gasteiger partial charge in [0, 0.05) is 17.7 Å². The van der Waals surface area contributed by atoms with E-state index in [4.69, 9.17) is 10.00 Å². The fourth-order valence-corrected chi connectivity index (χ4v) is 1.64. The molecule has 2 aromatic rings. The van der Waals surface area contributed by atoms with Gasteiger partial charge in [0.25, 0.3) is 0 Å². The summed E-state index contributed by atoms with van der Waals surface area (Å²) in [4.78, 5) is 9.62. The van der Waals surface area contributed by atoms with Crippen LogP contribution in [-0.2, 0) is 6.61 Å². The largest absolute Gasteiger partial charge is 0.489 e. The first kappa shape index (κ1) is 14.4. The maximum absolute atomic E-state index is 13.5. The van der Waals surface area contributed by atoms with Crippen LogP contribution in [0.4, 0.5) is 14.5 Å². The van der Waals surface area contributed by atoms with Gasteiger partial charge in [0.15, 0.2) is 0 Å². The molecule has 7 heteroatoms. The molecule has 106 valence electrons.